The van der Waals surface area contributed by atoms with E-state index in [4.69, 9.17) is 9.47 Å². The van der Waals surface area contributed by atoms with Gasteiger partial charge >= 0.3 is 5.69 Å². The monoisotopic (exact) mass is 459 g/mol. The highest BCUT2D eigenvalue weighted by Crippen LogP contribution is 2.27. The molecule has 0 atom stereocenters. The van der Waals surface area contributed by atoms with Crippen molar-refractivity contribution >= 4 is 16.8 Å². The van der Waals surface area contributed by atoms with Gasteiger partial charge in [-0.3, -0.25) is 14.2 Å². The fourth-order valence-electron chi connectivity index (χ4n) is 3.76. The van der Waals surface area contributed by atoms with E-state index in [1.807, 2.05) is 42.5 Å². The predicted molar refractivity (Wildman–Crippen MR) is 130 cm³/mol. The molecule has 34 heavy (non-hydrogen) atoms. The van der Waals surface area contributed by atoms with Gasteiger partial charge in [0, 0.05) is 18.7 Å². The van der Waals surface area contributed by atoms with Crippen LogP contribution in [-0.2, 0) is 19.5 Å². The minimum absolute atomic E-state index is 0.193. The summed E-state index contributed by atoms with van der Waals surface area (Å²) in [5.41, 5.74) is 1.62. The Morgan fingerprint density at radius 3 is 2.41 bits per heavy atom. The Kier molecular flexibility index (Phi) is 6.77. The summed E-state index contributed by atoms with van der Waals surface area (Å²) in [6, 6.07) is 19.7. The lowest BCUT2D eigenvalue weighted by molar-refractivity contribution is 0.0951. The molecule has 0 saturated heterocycles. The topological polar surface area (TPSA) is 102 Å². The van der Waals surface area contributed by atoms with Crippen molar-refractivity contribution in [2.75, 3.05) is 14.2 Å². The third-order valence-electron chi connectivity index (χ3n) is 5.61. The second kappa shape index (κ2) is 10.1. The number of methoxy groups -OCH3 is 2. The number of amides is 1. The van der Waals surface area contributed by atoms with Crippen molar-refractivity contribution in [2.45, 2.75) is 19.5 Å². The lowest BCUT2D eigenvalue weighted by Crippen LogP contribution is -2.35. The van der Waals surface area contributed by atoms with E-state index in [0.29, 0.717) is 40.9 Å². The van der Waals surface area contributed by atoms with Crippen molar-refractivity contribution < 1.29 is 14.3 Å². The van der Waals surface area contributed by atoms with Crippen LogP contribution in [0.25, 0.3) is 10.9 Å². The van der Waals surface area contributed by atoms with Crippen molar-refractivity contribution in [1.82, 2.24) is 14.9 Å². The summed E-state index contributed by atoms with van der Waals surface area (Å²) in [4.78, 5) is 40.9. The number of fused-ring (bicyclic) bond motifs is 1. The molecule has 4 aromatic rings. The van der Waals surface area contributed by atoms with Crippen LogP contribution in [0.1, 0.15) is 21.5 Å². The molecule has 1 aromatic heterocycles. The maximum Gasteiger partial charge on any atom is 0.328 e. The maximum absolute atomic E-state index is 13.0. The van der Waals surface area contributed by atoms with E-state index in [1.165, 1.54) is 6.07 Å². The van der Waals surface area contributed by atoms with Crippen LogP contribution in [0.15, 0.2) is 76.3 Å². The number of ether oxygens (including phenoxy) is 2. The summed E-state index contributed by atoms with van der Waals surface area (Å²) in [5, 5.41) is 3.18. The van der Waals surface area contributed by atoms with Crippen LogP contribution < -0.4 is 26.0 Å². The fourth-order valence-corrected chi connectivity index (χ4v) is 3.76. The Balaban J connectivity index is 1.53. The number of hydrogen-bond acceptors (Lipinski definition) is 5. The minimum atomic E-state index is -0.528. The molecule has 174 valence electrons. The molecular weight excluding hydrogens is 434 g/mol. The number of H-pyrrole nitrogens is 1. The van der Waals surface area contributed by atoms with E-state index in [2.05, 4.69) is 10.3 Å². The quantitative estimate of drug-likeness (QED) is 0.422. The molecule has 0 aliphatic heterocycles. The van der Waals surface area contributed by atoms with E-state index in [-0.39, 0.29) is 12.5 Å². The van der Waals surface area contributed by atoms with Crippen molar-refractivity contribution in [3.8, 4) is 11.5 Å². The van der Waals surface area contributed by atoms with Crippen LogP contribution >= 0.6 is 0 Å². The maximum atomic E-state index is 13.0. The van der Waals surface area contributed by atoms with E-state index >= 15 is 0 Å². The number of benzene rings is 3. The highest BCUT2D eigenvalue weighted by atomic mass is 16.5. The van der Waals surface area contributed by atoms with Gasteiger partial charge in [-0.05, 0) is 47.9 Å². The molecule has 0 bridgehead atoms. The normalized spacial score (nSPS) is 10.8. The lowest BCUT2D eigenvalue weighted by Gasteiger charge is -2.11. The van der Waals surface area contributed by atoms with Crippen LogP contribution in [0.4, 0.5) is 0 Å². The molecule has 3 aromatic carbocycles. The standard InChI is InChI=1S/C26H25N3O5/c1-33-22-11-8-17(14-23(22)34-2)12-13-29-25(31)20-10-9-19(15-21(20)28-26(29)32)24(30)27-16-18-6-4-3-5-7-18/h3-11,14-15H,12-13,16H2,1-2H3,(H,27,30)(H,28,32). The van der Waals surface area contributed by atoms with E-state index in [0.717, 1.165) is 15.7 Å². The Bertz CT molecular complexity index is 1440. The molecule has 0 unspecified atom stereocenters. The second-order valence-electron chi connectivity index (χ2n) is 7.75. The number of carbonyl (C=O) groups excluding carboxylic acids is 1. The first-order valence-electron chi connectivity index (χ1n) is 10.8. The van der Waals surface area contributed by atoms with Crippen molar-refractivity contribution in [1.29, 1.82) is 0 Å². The number of aromatic amines is 1. The highest BCUT2D eigenvalue weighted by molar-refractivity contribution is 5.97. The average Bonchev–Trinajstić information content (AvgIpc) is 2.87. The minimum Gasteiger partial charge on any atom is -0.493 e. The van der Waals surface area contributed by atoms with Crippen molar-refractivity contribution in [3.63, 3.8) is 0 Å². The van der Waals surface area contributed by atoms with Crippen molar-refractivity contribution in [2.24, 2.45) is 0 Å². The zero-order chi connectivity index (χ0) is 24.1. The van der Waals surface area contributed by atoms with Gasteiger partial charge in [-0.15, -0.1) is 0 Å². The summed E-state index contributed by atoms with van der Waals surface area (Å²) in [5.74, 6) is 0.901. The van der Waals surface area contributed by atoms with Crippen LogP contribution in [0.5, 0.6) is 11.5 Å². The molecule has 0 aliphatic rings. The van der Waals surface area contributed by atoms with Gasteiger partial charge in [-0.2, -0.15) is 0 Å². The Morgan fingerprint density at radius 2 is 1.68 bits per heavy atom. The Labute approximate surface area is 195 Å². The molecule has 0 fully saturated rings. The first-order valence-corrected chi connectivity index (χ1v) is 10.8. The van der Waals surface area contributed by atoms with E-state index in [9.17, 15) is 14.4 Å². The number of carbonyl (C=O) groups is 1. The van der Waals surface area contributed by atoms with E-state index in [1.54, 1.807) is 32.4 Å². The fraction of sp³-hybridized carbons (Fsp3) is 0.192. The average molecular weight is 460 g/mol. The molecule has 0 saturated carbocycles. The number of rotatable bonds is 8. The third-order valence-corrected chi connectivity index (χ3v) is 5.61. The van der Waals surface area contributed by atoms with Gasteiger partial charge in [0.25, 0.3) is 11.5 Å². The van der Waals surface area contributed by atoms with Gasteiger partial charge < -0.3 is 19.8 Å². The molecule has 4 rings (SSSR count). The predicted octanol–water partition coefficient (Wildman–Crippen LogP) is 2.88. The summed E-state index contributed by atoms with van der Waals surface area (Å²) >= 11 is 0. The summed E-state index contributed by atoms with van der Waals surface area (Å²) in [6.07, 6.45) is 0.453. The van der Waals surface area contributed by atoms with E-state index < -0.39 is 11.2 Å². The largest absolute Gasteiger partial charge is 0.493 e. The number of aryl methyl sites for hydroxylation is 1. The summed E-state index contributed by atoms with van der Waals surface area (Å²) < 4.78 is 11.7. The highest BCUT2D eigenvalue weighted by Gasteiger charge is 2.12. The van der Waals surface area contributed by atoms with Gasteiger partial charge in [-0.1, -0.05) is 36.4 Å². The molecule has 1 amide bonds. The van der Waals surface area contributed by atoms with Crippen LogP contribution in [-0.4, -0.2) is 29.7 Å². The zero-order valence-corrected chi connectivity index (χ0v) is 19.0. The van der Waals surface area contributed by atoms with Gasteiger partial charge in [0.2, 0.25) is 0 Å². The molecule has 0 spiro atoms. The number of nitrogens with one attached hydrogen (secondary N) is 2. The molecule has 0 aliphatic carbocycles. The first-order chi connectivity index (χ1) is 16.5. The van der Waals surface area contributed by atoms with Gasteiger partial charge in [0.15, 0.2) is 11.5 Å². The van der Waals surface area contributed by atoms with Gasteiger partial charge in [0.1, 0.15) is 0 Å². The van der Waals surface area contributed by atoms with Gasteiger partial charge in [0.05, 0.1) is 25.1 Å². The van der Waals surface area contributed by atoms with Crippen LogP contribution in [0, 0.1) is 0 Å². The third kappa shape index (κ3) is 4.85. The molecule has 8 heteroatoms. The van der Waals surface area contributed by atoms with Crippen LogP contribution in [0.2, 0.25) is 0 Å². The number of hydrogen-bond donors (Lipinski definition) is 2. The van der Waals surface area contributed by atoms with Gasteiger partial charge in [-0.25, -0.2) is 4.79 Å². The molecule has 0 radical (unpaired) electrons. The molecular formula is C26H25N3O5. The Morgan fingerprint density at radius 1 is 0.912 bits per heavy atom. The second-order valence-corrected chi connectivity index (χ2v) is 7.75. The SMILES string of the molecule is COc1ccc(CCn2c(=O)[nH]c3cc(C(=O)NCc4ccccc4)ccc3c2=O)cc1OC. The summed E-state index contributed by atoms with van der Waals surface area (Å²) in [7, 11) is 3.11. The zero-order valence-electron chi connectivity index (χ0n) is 19.0. The van der Waals surface area contributed by atoms with Crippen molar-refractivity contribution in [3.05, 3.63) is 104 Å². The number of aromatic nitrogens is 2. The molecule has 2 N–H and O–H groups in total. The smallest absolute Gasteiger partial charge is 0.328 e. The first kappa shape index (κ1) is 22.8. The molecule has 8 nitrogen and oxygen atoms in total. The summed E-state index contributed by atoms with van der Waals surface area (Å²) in [6.45, 7) is 0.574. The number of nitrogens with zero attached hydrogens (tertiary/aromatic N) is 1. The lowest BCUT2D eigenvalue weighted by atomic mass is 10.1. The van der Waals surface area contributed by atoms with Crippen LogP contribution in [0.3, 0.4) is 0 Å². The molecule has 1 heterocycles. The Hall–Kier alpha value is -4.33.